The summed E-state index contributed by atoms with van der Waals surface area (Å²) >= 11 is 0. The molecule has 180 valence electrons. The summed E-state index contributed by atoms with van der Waals surface area (Å²) in [6, 6.07) is 0. The van der Waals surface area contributed by atoms with Crippen LogP contribution in [0.5, 0.6) is 0 Å². The van der Waals surface area contributed by atoms with Crippen LogP contribution in [0, 0.1) is 40.4 Å². The third-order valence-corrected chi connectivity index (χ3v) is 11.0. The predicted molar refractivity (Wildman–Crippen MR) is 122 cm³/mol. The number of ketones is 2. The van der Waals surface area contributed by atoms with Crippen LogP contribution in [0.4, 0.5) is 4.39 Å². The molecule has 0 amide bonds. The first-order valence-electron chi connectivity index (χ1n) is 13.2. The van der Waals surface area contributed by atoms with Crippen LogP contribution in [-0.2, 0) is 19.1 Å². The fraction of sp³-hybridized carbons (Fsp3) is 0.786. The summed E-state index contributed by atoms with van der Waals surface area (Å²) in [6.45, 7) is 6.79. The summed E-state index contributed by atoms with van der Waals surface area (Å²) in [4.78, 5) is 25.8. The van der Waals surface area contributed by atoms with Gasteiger partial charge < -0.3 is 9.47 Å². The molecule has 5 aliphatic carbocycles. The Morgan fingerprint density at radius 3 is 2.67 bits per heavy atom. The highest BCUT2D eigenvalue weighted by Gasteiger charge is 2.71. The molecular formula is C28H37FO4. The molecule has 5 heteroatoms. The van der Waals surface area contributed by atoms with Crippen molar-refractivity contribution >= 4 is 11.6 Å². The number of halogens is 1. The van der Waals surface area contributed by atoms with Crippen LogP contribution >= 0.6 is 0 Å². The monoisotopic (exact) mass is 456 g/mol. The number of ether oxygens (including phenoxy) is 2. The van der Waals surface area contributed by atoms with Gasteiger partial charge in [0.15, 0.2) is 17.9 Å². The second-order valence-electron chi connectivity index (χ2n) is 11.9. The van der Waals surface area contributed by atoms with Crippen LogP contribution in [-0.4, -0.2) is 30.1 Å². The number of hydrogen-bond acceptors (Lipinski definition) is 4. The summed E-state index contributed by atoms with van der Waals surface area (Å²) in [5, 5.41) is 0. The van der Waals surface area contributed by atoms with E-state index in [4.69, 9.17) is 9.47 Å². The Morgan fingerprint density at radius 2 is 1.97 bits per heavy atom. The molecule has 33 heavy (non-hydrogen) atoms. The minimum absolute atomic E-state index is 0.0902. The van der Waals surface area contributed by atoms with Crippen LogP contribution in [0.15, 0.2) is 23.6 Å². The van der Waals surface area contributed by atoms with Gasteiger partial charge in [-0.1, -0.05) is 13.8 Å². The third-order valence-electron chi connectivity index (χ3n) is 11.0. The number of allylic oxidation sites excluding steroid dienone is 4. The number of carbonyl (C=O) groups is 2. The van der Waals surface area contributed by atoms with E-state index in [-0.39, 0.29) is 58.2 Å². The van der Waals surface area contributed by atoms with Crippen molar-refractivity contribution in [2.45, 2.75) is 90.4 Å². The molecular weight excluding hydrogens is 419 g/mol. The maximum absolute atomic E-state index is 15.6. The highest BCUT2D eigenvalue weighted by Crippen LogP contribution is 2.73. The fourth-order valence-electron chi connectivity index (χ4n) is 9.32. The van der Waals surface area contributed by atoms with E-state index in [2.05, 4.69) is 13.8 Å². The Kier molecular flexibility index (Phi) is 4.92. The molecule has 0 N–H and O–H groups in total. The second-order valence-corrected chi connectivity index (χ2v) is 11.9. The largest absolute Gasteiger partial charge is 0.353 e. The summed E-state index contributed by atoms with van der Waals surface area (Å²) in [7, 11) is 0. The average Bonchev–Trinajstić information content (AvgIpc) is 3.55. The van der Waals surface area contributed by atoms with Crippen LogP contribution in [0.3, 0.4) is 0 Å². The van der Waals surface area contributed by atoms with Crippen molar-refractivity contribution in [2.75, 3.05) is 6.61 Å². The van der Waals surface area contributed by atoms with Gasteiger partial charge in [0.05, 0.1) is 0 Å². The number of hydrogen-bond donors (Lipinski definition) is 0. The molecule has 3 unspecified atom stereocenters. The fourth-order valence-corrected chi connectivity index (χ4v) is 9.32. The molecule has 1 heterocycles. The topological polar surface area (TPSA) is 52.6 Å². The lowest BCUT2D eigenvalue weighted by molar-refractivity contribution is -0.255. The molecule has 0 aromatic rings. The summed E-state index contributed by atoms with van der Waals surface area (Å²) < 4.78 is 28.3. The van der Waals surface area contributed by atoms with E-state index >= 15 is 4.39 Å². The van der Waals surface area contributed by atoms with Gasteiger partial charge in [0.25, 0.3) is 0 Å². The molecule has 0 aromatic heterocycles. The highest BCUT2D eigenvalue weighted by atomic mass is 19.1. The minimum Gasteiger partial charge on any atom is -0.353 e. The average molecular weight is 457 g/mol. The Morgan fingerprint density at radius 1 is 1.18 bits per heavy atom. The van der Waals surface area contributed by atoms with E-state index in [1.165, 1.54) is 0 Å². The molecule has 6 rings (SSSR count). The molecule has 0 aromatic carbocycles. The van der Waals surface area contributed by atoms with Crippen LogP contribution in [0.1, 0.15) is 78.6 Å². The van der Waals surface area contributed by atoms with E-state index in [0.717, 1.165) is 51.4 Å². The maximum Gasteiger partial charge on any atom is 0.162 e. The van der Waals surface area contributed by atoms with Gasteiger partial charge >= 0.3 is 0 Å². The van der Waals surface area contributed by atoms with Gasteiger partial charge in [-0.3, -0.25) is 9.59 Å². The molecule has 4 nitrogen and oxygen atoms in total. The van der Waals surface area contributed by atoms with E-state index in [9.17, 15) is 9.59 Å². The molecule has 0 radical (unpaired) electrons. The quantitative estimate of drug-likeness (QED) is 0.544. The van der Waals surface area contributed by atoms with E-state index in [0.29, 0.717) is 24.5 Å². The van der Waals surface area contributed by atoms with Gasteiger partial charge in [-0.2, -0.15) is 0 Å². The lowest BCUT2D eigenvalue weighted by Crippen LogP contribution is -2.60. The van der Waals surface area contributed by atoms with Gasteiger partial charge in [0.2, 0.25) is 0 Å². The zero-order chi connectivity index (χ0) is 23.2. The van der Waals surface area contributed by atoms with Crippen molar-refractivity contribution in [3.63, 3.8) is 0 Å². The summed E-state index contributed by atoms with van der Waals surface area (Å²) in [6.07, 6.45) is 11.3. The number of fused-ring (bicyclic) bond motifs is 7. The lowest BCUT2D eigenvalue weighted by Gasteiger charge is -2.59. The first kappa shape index (κ1) is 22.2. The van der Waals surface area contributed by atoms with Gasteiger partial charge in [0.1, 0.15) is 11.4 Å². The van der Waals surface area contributed by atoms with Crippen LogP contribution in [0.25, 0.3) is 0 Å². The van der Waals surface area contributed by atoms with Crippen molar-refractivity contribution in [1.29, 1.82) is 0 Å². The Labute approximate surface area is 196 Å². The number of rotatable bonds is 4. The van der Waals surface area contributed by atoms with Gasteiger partial charge in [-0.15, -0.1) is 0 Å². The normalized spacial score (nSPS) is 50.4. The number of Topliss-reactive ketones (excluding diaryl/α,β-unsaturated/α-hetero) is 1. The SMILES string of the molecule is CC[C@]12CC[C@@H]3[C@@H](C=C(F)C4=CC(=O)C5CC5[C@]43C)[C@@H]1CC[C@]2(OC1CCCCO1)C(C)=O. The van der Waals surface area contributed by atoms with Crippen molar-refractivity contribution < 1.29 is 23.5 Å². The van der Waals surface area contributed by atoms with Crippen molar-refractivity contribution in [2.24, 2.45) is 40.4 Å². The molecule has 0 bridgehead atoms. The van der Waals surface area contributed by atoms with Gasteiger partial charge in [-0.25, -0.2) is 4.39 Å². The Bertz CT molecular complexity index is 948. The Hall–Kier alpha value is -1.33. The Balaban J connectivity index is 1.40. The zero-order valence-electron chi connectivity index (χ0n) is 20.2. The first-order chi connectivity index (χ1) is 15.8. The standard InChI is InChI=1S/C28H37FO4/c1-4-27-10-8-19-17(14-23(29)22-15-24(31)18-13-21(18)26(19,22)3)20(27)9-11-28(27,16(2)30)33-25-7-5-6-12-32-25/h14-15,17-21,25H,4-13H2,1-3H3/t17-,18?,19-,20+,21?,25?,26-,27+,28+/m1/s1. The predicted octanol–water partition coefficient (Wildman–Crippen LogP) is 5.71. The van der Waals surface area contributed by atoms with Crippen molar-refractivity contribution in [3.8, 4) is 0 Å². The maximum atomic E-state index is 15.6. The molecule has 0 spiro atoms. The summed E-state index contributed by atoms with van der Waals surface area (Å²) in [5.41, 5.74) is -0.746. The molecule has 3 saturated carbocycles. The zero-order valence-corrected chi connectivity index (χ0v) is 20.2. The third kappa shape index (κ3) is 2.75. The van der Waals surface area contributed by atoms with E-state index < -0.39 is 5.60 Å². The summed E-state index contributed by atoms with van der Waals surface area (Å²) in [5.74, 6) is 1.03. The van der Waals surface area contributed by atoms with Gasteiger partial charge in [-0.05, 0) is 106 Å². The number of carbonyl (C=O) groups excluding carboxylic acids is 2. The van der Waals surface area contributed by atoms with Gasteiger partial charge in [0, 0.05) is 23.4 Å². The van der Waals surface area contributed by atoms with Crippen molar-refractivity contribution in [1.82, 2.24) is 0 Å². The van der Waals surface area contributed by atoms with E-state index in [1.54, 1.807) is 13.0 Å². The molecule has 9 atom stereocenters. The molecule has 6 aliphatic rings. The first-order valence-corrected chi connectivity index (χ1v) is 13.2. The lowest BCUT2D eigenvalue weighted by atomic mass is 9.46. The minimum atomic E-state index is -0.842. The molecule has 1 saturated heterocycles. The van der Waals surface area contributed by atoms with E-state index in [1.807, 2.05) is 6.08 Å². The molecule has 4 fully saturated rings. The van der Waals surface area contributed by atoms with Crippen LogP contribution < -0.4 is 0 Å². The molecule has 1 aliphatic heterocycles. The van der Waals surface area contributed by atoms with Crippen molar-refractivity contribution in [3.05, 3.63) is 23.6 Å². The highest BCUT2D eigenvalue weighted by molar-refractivity contribution is 5.97. The van der Waals surface area contributed by atoms with Crippen LogP contribution in [0.2, 0.25) is 0 Å². The second kappa shape index (κ2) is 7.34. The smallest absolute Gasteiger partial charge is 0.162 e.